The van der Waals surface area contributed by atoms with E-state index >= 15 is 0 Å². The summed E-state index contributed by atoms with van der Waals surface area (Å²) in [6.45, 7) is 0.317. The van der Waals surface area contributed by atoms with Crippen molar-refractivity contribution in [2.24, 2.45) is 0 Å². The van der Waals surface area contributed by atoms with E-state index in [2.05, 4.69) is 10.3 Å². The van der Waals surface area contributed by atoms with Crippen LogP contribution in [0.5, 0.6) is 0 Å². The summed E-state index contributed by atoms with van der Waals surface area (Å²) >= 11 is 0. The lowest BCUT2D eigenvalue weighted by Crippen LogP contribution is -2.26. The molecule has 2 N–H and O–H groups in total. The van der Waals surface area contributed by atoms with Crippen molar-refractivity contribution >= 4 is 11.9 Å². The Bertz CT molecular complexity index is 374. The van der Waals surface area contributed by atoms with Gasteiger partial charge in [-0.25, -0.2) is 4.98 Å². The number of rotatable bonds is 4. The van der Waals surface area contributed by atoms with Gasteiger partial charge in [0.1, 0.15) is 6.54 Å². The van der Waals surface area contributed by atoms with Crippen LogP contribution in [0.25, 0.3) is 0 Å². The highest BCUT2D eigenvalue weighted by Gasteiger charge is 2.00. The number of carbonyl (C=O) groups is 2. The van der Waals surface area contributed by atoms with Crippen LogP contribution in [0.2, 0.25) is 0 Å². The van der Waals surface area contributed by atoms with E-state index in [1.54, 1.807) is 6.20 Å². The number of aromatic amines is 1. The summed E-state index contributed by atoms with van der Waals surface area (Å²) in [6.07, 6.45) is 3.33. The molecule has 0 bridgehead atoms. The number of hydrogen-bond acceptors (Lipinski definition) is 3. The van der Waals surface area contributed by atoms with Crippen LogP contribution in [-0.4, -0.2) is 11.9 Å². The molecule has 1 rings (SSSR count). The van der Waals surface area contributed by atoms with Gasteiger partial charge in [0.2, 0.25) is 5.91 Å². The first-order chi connectivity index (χ1) is 7.18. The first-order valence-corrected chi connectivity index (χ1v) is 4.31. The molecule has 0 radical (unpaired) electrons. The van der Waals surface area contributed by atoms with Gasteiger partial charge >= 0.3 is 0 Å². The zero-order chi connectivity index (χ0) is 11.1. The Labute approximate surface area is 86.5 Å². The minimum atomic E-state index is -1.39. The molecule has 0 spiro atoms. The molecule has 1 aromatic rings. The summed E-state index contributed by atoms with van der Waals surface area (Å²) in [7, 11) is 0. The van der Waals surface area contributed by atoms with Crippen molar-refractivity contribution < 1.29 is 19.7 Å². The fourth-order valence-corrected chi connectivity index (χ4v) is 0.925. The van der Waals surface area contributed by atoms with Crippen molar-refractivity contribution in [2.75, 3.05) is 0 Å². The molecule has 78 valence electrons. The average molecular weight is 206 g/mol. The molecule has 1 heterocycles. The van der Waals surface area contributed by atoms with E-state index in [9.17, 15) is 14.7 Å². The van der Waals surface area contributed by atoms with Gasteiger partial charge in [-0.15, -0.1) is 0 Å². The van der Waals surface area contributed by atoms with Gasteiger partial charge in [-0.1, -0.05) is 6.07 Å². The highest BCUT2D eigenvalue weighted by molar-refractivity contribution is 5.93. The fraction of sp³-hybridized carbons (Fsp3) is 0.100. The average Bonchev–Trinajstić information content (AvgIpc) is 2.25. The zero-order valence-corrected chi connectivity index (χ0v) is 7.90. The summed E-state index contributed by atoms with van der Waals surface area (Å²) < 4.78 is 0. The molecule has 5 nitrogen and oxygen atoms in total. The van der Waals surface area contributed by atoms with Gasteiger partial charge in [0.25, 0.3) is 0 Å². The number of pyridine rings is 1. The molecule has 0 aliphatic rings. The molecule has 0 aliphatic carbocycles. The predicted octanol–water partition coefficient (Wildman–Crippen LogP) is -1.58. The number of amides is 1. The molecule has 15 heavy (non-hydrogen) atoms. The first-order valence-electron chi connectivity index (χ1n) is 4.31. The number of carboxylic acid groups (broad SMARTS) is 1. The Kier molecular flexibility index (Phi) is 4.03. The quantitative estimate of drug-likeness (QED) is 0.604. The first kappa shape index (κ1) is 10.9. The minimum Gasteiger partial charge on any atom is -0.545 e. The fourth-order valence-electron chi connectivity index (χ4n) is 0.925. The summed E-state index contributed by atoms with van der Waals surface area (Å²) in [5.74, 6) is -1.87. The molecule has 0 unspecified atom stereocenters. The van der Waals surface area contributed by atoms with E-state index in [-0.39, 0.29) is 0 Å². The highest BCUT2D eigenvalue weighted by Crippen LogP contribution is 1.87. The smallest absolute Gasteiger partial charge is 0.244 e. The van der Waals surface area contributed by atoms with Crippen molar-refractivity contribution in [3.63, 3.8) is 0 Å². The number of carbonyl (C=O) groups excluding carboxylic acids is 2. The topological polar surface area (TPSA) is 83.4 Å². The van der Waals surface area contributed by atoms with Crippen molar-refractivity contribution in [1.29, 1.82) is 0 Å². The summed E-state index contributed by atoms with van der Waals surface area (Å²) in [6, 6.07) is 5.46. The van der Waals surface area contributed by atoms with E-state index in [4.69, 9.17) is 0 Å². The monoisotopic (exact) mass is 206 g/mol. The third-order valence-corrected chi connectivity index (χ3v) is 1.60. The summed E-state index contributed by atoms with van der Waals surface area (Å²) in [5, 5.41) is 12.5. The normalized spacial score (nSPS) is 10.1. The Balaban J connectivity index is 2.38. The van der Waals surface area contributed by atoms with E-state index in [0.717, 1.165) is 11.8 Å². The number of hydrogen-bond donors (Lipinski definition) is 1. The second kappa shape index (κ2) is 5.54. The molecular formula is C10H10N2O3. The van der Waals surface area contributed by atoms with Crippen LogP contribution in [0, 0.1) is 0 Å². The molecule has 0 atom stereocenters. The second-order valence-corrected chi connectivity index (χ2v) is 2.76. The number of aliphatic carboxylic acids is 1. The zero-order valence-electron chi connectivity index (χ0n) is 7.90. The Hall–Kier alpha value is -2.17. The molecule has 5 heteroatoms. The van der Waals surface area contributed by atoms with E-state index in [1.807, 2.05) is 18.2 Å². The maximum absolute atomic E-state index is 11.0. The lowest BCUT2D eigenvalue weighted by atomic mass is 10.3. The molecule has 0 fully saturated rings. The van der Waals surface area contributed by atoms with E-state index in [1.165, 1.54) is 0 Å². The minimum absolute atomic E-state index is 0.317. The lowest BCUT2D eigenvalue weighted by molar-refractivity contribution is -0.390. The van der Waals surface area contributed by atoms with Crippen LogP contribution in [0.3, 0.4) is 0 Å². The highest BCUT2D eigenvalue weighted by atomic mass is 16.4. The van der Waals surface area contributed by atoms with E-state index in [0.29, 0.717) is 12.6 Å². The van der Waals surface area contributed by atoms with Gasteiger partial charge in [-0.05, 0) is 6.08 Å². The van der Waals surface area contributed by atoms with Crippen LogP contribution in [-0.2, 0) is 16.1 Å². The molecule has 0 saturated heterocycles. The van der Waals surface area contributed by atoms with Gasteiger partial charge in [-0.3, -0.25) is 4.79 Å². The van der Waals surface area contributed by atoms with Crippen LogP contribution >= 0.6 is 0 Å². The van der Waals surface area contributed by atoms with Crippen LogP contribution in [0.15, 0.2) is 36.5 Å². The van der Waals surface area contributed by atoms with Gasteiger partial charge in [0.15, 0.2) is 11.9 Å². The standard InChI is InChI=1S/C10H10N2O3/c13-9(4-5-10(14)15)12-7-8-3-1-2-6-11-8/h1-6H,7H2,(H,12,13)(H,14,15)/b5-4+. The van der Waals surface area contributed by atoms with E-state index < -0.39 is 11.9 Å². The molecule has 0 saturated carbocycles. The molecule has 1 amide bonds. The maximum Gasteiger partial charge on any atom is 0.244 e. The lowest BCUT2D eigenvalue weighted by Gasteiger charge is -1.97. The van der Waals surface area contributed by atoms with Gasteiger partial charge in [0.05, 0.1) is 5.97 Å². The summed E-state index contributed by atoms with van der Waals surface area (Å²) in [5.41, 5.74) is 0.827. The number of aromatic nitrogens is 1. The van der Waals surface area contributed by atoms with Crippen molar-refractivity contribution in [2.45, 2.75) is 6.54 Å². The molecule has 0 aliphatic heterocycles. The van der Waals surface area contributed by atoms with Crippen LogP contribution < -0.4 is 15.4 Å². The third kappa shape index (κ3) is 4.56. The van der Waals surface area contributed by atoms with Crippen molar-refractivity contribution in [1.82, 2.24) is 5.32 Å². The molecule has 0 aromatic carbocycles. The SMILES string of the molecule is O=C([O-])/C=C/C(=O)NCc1cccc[nH+]1. The number of nitrogens with one attached hydrogen (secondary N) is 2. The molecule has 1 aromatic heterocycles. The van der Waals surface area contributed by atoms with Crippen LogP contribution in [0.4, 0.5) is 0 Å². The Morgan fingerprint density at radius 1 is 1.40 bits per heavy atom. The van der Waals surface area contributed by atoms with Crippen molar-refractivity contribution in [3.8, 4) is 0 Å². The Morgan fingerprint density at radius 3 is 2.80 bits per heavy atom. The van der Waals surface area contributed by atoms with Crippen LogP contribution in [0.1, 0.15) is 5.69 Å². The summed E-state index contributed by atoms with van der Waals surface area (Å²) in [4.78, 5) is 23.9. The second-order valence-electron chi connectivity index (χ2n) is 2.76. The third-order valence-electron chi connectivity index (χ3n) is 1.60. The molecular weight excluding hydrogens is 196 g/mol. The predicted molar refractivity (Wildman–Crippen MR) is 49.0 cm³/mol. The number of H-pyrrole nitrogens is 1. The van der Waals surface area contributed by atoms with Gasteiger partial charge in [0, 0.05) is 18.2 Å². The Morgan fingerprint density at radius 2 is 2.20 bits per heavy atom. The van der Waals surface area contributed by atoms with Gasteiger partial charge < -0.3 is 15.2 Å². The van der Waals surface area contributed by atoms with Gasteiger partial charge in [-0.2, -0.15) is 0 Å². The maximum atomic E-state index is 11.0. The van der Waals surface area contributed by atoms with Crippen molar-refractivity contribution in [3.05, 3.63) is 42.2 Å². The largest absolute Gasteiger partial charge is 0.545 e. The number of carboxylic acids is 1.